The molecule has 1 aromatic rings. The van der Waals surface area contributed by atoms with E-state index in [1.54, 1.807) is 0 Å². The van der Waals surface area contributed by atoms with Crippen LogP contribution in [0.1, 0.15) is 37.3 Å². The predicted octanol–water partition coefficient (Wildman–Crippen LogP) is 3.06. The van der Waals surface area contributed by atoms with Crippen LogP contribution in [-0.2, 0) is 6.42 Å². The van der Waals surface area contributed by atoms with Crippen LogP contribution in [0.25, 0.3) is 0 Å². The van der Waals surface area contributed by atoms with Gasteiger partial charge in [0.1, 0.15) is 0 Å². The fourth-order valence-electron chi connectivity index (χ4n) is 1.31. The van der Waals surface area contributed by atoms with Crippen LogP contribution in [0.2, 0.25) is 0 Å². The van der Waals surface area contributed by atoms with Gasteiger partial charge >= 0.3 is 0 Å². The number of unbranched alkanes of at least 4 members (excludes halogenated alkanes) is 2. The highest BCUT2D eigenvalue weighted by Crippen LogP contribution is 2.10. The third-order valence-corrected chi connectivity index (χ3v) is 2.11. The summed E-state index contributed by atoms with van der Waals surface area (Å²) in [6.07, 6.45) is 9.42. The lowest BCUT2D eigenvalue weighted by Crippen LogP contribution is -1.84. The highest BCUT2D eigenvalue weighted by atomic mass is 14.6. The Bertz CT molecular complexity index is 200. The van der Waals surface area contributed by atoms with Gasteiger partial charge in [0.05, 0.1) is 0 Å². The molecular formula is C10H17N. The van der Waals surface area contributed by atoms with Crippen molar-refractivity contribution in [2.24, 2.45) is 0 Å². The van der Waals surface area contributed by atoms with Crippen molar-refractivity contribution >= 4 is 0 Å². The number of H-pyrrole nitrogens is 1. The zero-order chi connectivity index (χ0) is 8.10. The first-order valence-corrected chi connectivity index (χ1v) is 4.47. The number of aryl methyl sites for hydroxylation is 2. The average Bonchev–Trinajstić information content (AvgIpc) is 2.37. The zero-order valence-corrected chi connectivity index (χ0v) is 7.48. The summed E-state index contributed by atoms with van der Waals surface area (Å²) in [7, 11) is 0. The Morgan fingerprint density at radius 1 is 1.27 bits per heavy atom. The van der Waals surface area contributed by atoms with Gasteiger partial charge in [0, 0.05) is 12.4 Å². The normalized spacial score (nSPS) is 10.4. The second kappa shape index (κ2) is 4.22. The van der Waals surface area contributed by atoms with E-state index in [4.69, 9.17) is 0 Å². The first-order valence-electron chi connectivity index (χ1n) is 4.47. The minimum atomic E-state index is 1.24. The first kappa shape index (κ1) is 8.38. The van der Waals surface area contributed by atoms with Gasteiger partial charge in [-0.3, -0.25) is 0 Å². The summed E-state index contributed by atoms with van der Waals surface area (Å²) in [4.78, 5) is 3.12. The van der Waals surface area contributed by atoms with Gasteiger partial charge in [-0.25, -0.2) is 0 Å². The van der Waals surface area contributed by atoms with Crippen LogP contribution in [0.3, 0.4) is 0 Å². The Kier molecular flexibility index (Phi) is 3.21. The maximum absolute atomic E-state index is 3.12. The second-order valence-electron chi connectivity index (χ2n) is 3.12. The van der Waals surface area contributed by atoms with E-state index in [-0.39, 0.29) is 0 Å². The standard InChI is InChI=1S/C10H17N/c1-3-4-5-6-10-8-11-7-9(10)2/h7-8,11H,3-6H2,1-2H3. The molecule has 0 aliphatic carbocycles. The van der Waals surface area contributed by atoms with E-state index in [0.29, 0.717) is 0 Å². The fourth-order valence-corrected chi connectivity index (χ4v) is 1.31. The van der Waals surface area contributed by atoms with Crippen LogP contribution in [0, 0.1) is 6.92 Å². The summed E-state index contributed by atoms with van der Waals surface area (Å²) in [5, 5.41) is 0. The molecule has 0 fully saturated rings. The minimum absolute atomic E-state index is 1.24. The smallest absolute Gasteiger partial charge is 0.00400 e. The molecule has 0 saturated heterocycles. The zero-order valence-electron chi connectivity index (χ0n) is 7.48. The van der Waals surface area contributed by atoms with Crippen molar-refractivity contribution in [3.8, 4) is 0 Å². The Balaban J connectivity index is 2.32. The van der Waals surface area contributed by atoms with Crippen LogP contribution in [0.4, 0.5) is 0 Å². The van der Waals surface area contributed by atoms with Crippen molar-refractivity contribution in [2.75, 3.05) is 0 Å². The maximum atomic E-state index is 3.12. The summed E-state index contributed by atoms with van der Waals surface area (Å²) in [6, 6.07) is 0. The third kappa shape index (κ3) is 2.41. The minimum Gasteiger partial charge on any atom is -0.367 e. The molecule has 1 heteroatoms. The van der Waals surface area contributed by atoms with Crippen molar-refractivity contribution in [1.82, 2.24) is 4.98 Å². The van der Waals surface area contributed by atoms with Crippen LogP contribution >= 0.6 is 0 Å². The highest BCUT2D eigenvalue weighted by molar-refractivity contribution is 5.21. The number of nitrogens with one attached hydrogen (secondary N) is 1. The molecule has 11 heavy (non-hydrogen) atoms. The molecule has 0 saturated carbocycles. The molecule has 1 nitrogen and oxygen atoms in total. The Morgan fingerprint density at radius 3 is 2.64 bits per heavy atom. The predicted molar refractivity (Wildman–Crippen MR) is 48.8 cm³/mol. The van der Waals surface area contributed by atoms with E-state index in [9.17, 15) is 0 Å². The highest BCUT2D eigenvalue weighted by Gasteiger charge is 1.96. The van der Waals surface area contributed by atoms with Gasteiger partial charge in [-0.05, 0) is 30.9 Å². The van der Waals surface area contributed by atoms with Gasteiger partial charge < -0.3 is 4.98 Å². The first-order chi connectivity index (χ1) is 5.34. The molecule has 1 heterocycles. The third-order valence-electron chi connectivity index (χ3n) is 2.11. The molecule has 0 amide bonds. The Morgan fingerprint density at radius 2 is 2.09 bits per heavy atom. The molecule has 62 valence electrons. The molecule has 0 radical (unpaired) electrons. The van der Waals surface area contributed by atoms with Crippen LogP contribution in [0.5, 0.6) is 0 Å². The molecular weight excluding hydrogens is 134 g/mol. The topological polar surface area (TPSA) is 15.8 Å². The van der Waals surface area contributed by atoms with E-state index in [2.05, 4.69) is 31.2 Å². The molecule has 1 N–H and O–H groups in total. The van der Waals surface area contributed by atoms with Gasteiger partial charge in [0.15, 0.2) is 0 Å². The number of rotatable bonds is 4. The summed E-state index contributed by atoms with van der Waals surface area (Å²) >= 11 is 0. The van der Waals surface area contributed by atoms with E-state index < -0.39 is 0 Å². The average molecular weight is 151 g/mol. The van der Waals surface area contributed by atoms with Crippen molar-refractivity contribution in [3.05, 3.63) is 23.5 Å². The number of hydrogen-bond donors (Lipinski definition) is 1. The molecule has 0 unspecified atom stereocenters. The summed E-state index contributed by atoms with van der Waals surface area (Å²) in [5.41, 5.74) is 2.89. The van der Waals surface area contributed by atoms with Gasteiger partial charge in [0.2, 0.25) is 0 Å². The van der Waals surface area contributed by atoms with Gasteiger partial charge in [0.25, 0.3) is 0 Å². The lowest BCUT2D eigenvalue weighted by Gasteiger charge is -1.97. The lowest BCUT2D eigenvalue weighted by atomic mass is 10.1. The fraction of sp³-hybridized carbons (Fsp3) is 0.600. The largest absolute Gasteiger partial charge is 0.367 e. The maximum Gasteiger partial charge on any atom is 0.00400 e. The van der Waals surface area contributed by atoms with E-state index >= 15 is 0 Å². The molecule has 1 rings (SSSR count). The summed E-state index contributed by atoms with van der Waals surface area (Å²) < 4.78 is 0. The second-order valence-corrected chi connectivity index (χ2v) is 3.12. The van der Waals surface area contributed by atoms with Crippen LogP contribution in [-0.4, -0.2) is 4.98 Å². The number of aromatic nitrogens is 1. The van der Waals surface area contributed by atoms with Crippen molar-refractivity contribution in [1.29, 1.82) is 0 Å². The molecule has 0 bridgehead atoms. The van der Waals surface area contributed by atoms with E-state index in [1.807, 2.05) is 0 Å². The quantitative estimate of drug-likeness (QED) is 0.636. The van der Waals surface area contributed by atoms with Crippen molar-refractivity contribution < 1.29 is 0 Å². The van der Waals surface area contributed by atoms with Gasteiger partial charge in [-0.1, -0.05) is 19.8 Å². The molecule has 0 aliphatic rings. The summed E-state index contributed by atoms with van der Waals surface area (Å²) in [5.74, 6) is 0. The van der Waals surface area contributed by atoms with Crippen LogP contribution < -0.4 is 0 Å². The molecule has 0 spiro atoms. The van der Waals surface area contributed by atoms with E-state index in [0.717, 1.165) is 0 Å². The SMILES string of the molecule is CCCCCc1c[nH]cc1C. The monoisotopic (exact) mass is 151 g/mol. The number of aromatic amines is 1. The van der Waals surface area contributed by atoms with Gasteiger partial charge in [-0.2, -0.15) is 0 Å². The lowest BCUT2D eigenvalue weighted by molar-refractivity contribution is 0.716. The molecule has 0 aromatic carbocycles. The van der Waals surface area contributed by atoms with Crippen molar-refractivity contribution in [3.63, 3.8) is 0 Å². The number of hydrogen-bond acceptors (Lipinski definition) is 0. The van der Waals surface area contributed by atoms with Crippen molar-refractivity contribution in [2.45, 2.75) is 39.5 Å². The molecule has 0 atom stereocenters. The van der Waals surface area contributed by atoms with Gasteiger partial charge in [-0.15, -0.1) is 0 Å². The Hall–Kier alpha value is -0.720. The van der Waals surface area contributed by atoms with Crippen LogP contribution in [0.15, 0.2) is 12.4 Å². The molecule has 0 aliphatic heterocycles. The summed E-state index contributed by atoms with van der Waals surface area (Å²) in [6.45, 7) is 4.40. The van der Waals surface area contributed by atoms with E-state index in [1.165, 1.54) is 36.8 Å². The molecule has 1 aromatic heterocycles. The Labute approximate surface area is 68.8 Å².